The first-order valence-corrected chi connectivity index (χ1v) is 5.84. The molecule has 1 heterocycles. The summed E-state index contributed by atoms with van der Waals surface area (Å²) in [5.74, 6) is 0.252. The minimum atomic E-state index is -0.284. The number of benzene rings is 1. The third-order valence-electron chi connectivity index (χ3n) is 2.95. The number of rotatable bonds is 2. The van der Waals surface area contributed by atoms with E-state index in [2.05, 4.69) is 9.97 Å². The molecule has 0 aliphatic rings. The second-order valence-corrected chi connectivity index (χ2v) is 4.48. The maximum atomic E-state index is 13.3. The van der Waals surface area contributed by atoms with Crippen molar-refractivity contribution in [2.75, 3.05) is 0 Å². The van der Waals surface area contributed by atoms with Gasteiger partial charge in [0.2, 0.25) is 0 Å². The molecule has 0 radical (unpaired) electrons. The zero-order valence-electron chi connectivity index (χ0n) is 10.7. The Morgan fingerprint density at radius 3 is 2.61 bits per heavy atom. The summed E-state index contributed by atoms with van der Waals surface area (Å²) in [6, 6.07) is 4.51. The molecule has 0 aliphatic heterocycles. The predicted octanol–water partition coefficient (Wildman–Crippen LogP) is 2.92. The molecule has 0 saturated heterocycles. The quantitative estimate of drug-likeness (QED) is 0.885. The Bertz CT molecular complexity index is 579. The summed E-state index contributed by atoms with van der Waals surface area (Å²) < 4.78 is 13.3. The Morgan fingerprint density at radius 1 is 1.28 bits per heavy atom. The Balaban J connectivity index is 2.52. The third-order valence-corrected chi connectivity index (χ3v) is 2.95. The highest BCUT2D eigenvalue weighted by atomic mass is 19.1. The number of hydrogen-bond donors (Lipinski definition) is 1. The Kier molecular flexibility index (Phi) is 3.39. The summed E-state index contributed by atoms with van der Waals surface area (Å²) in [7, 11) is 0. The van der Waals surface area contributed by atoms with Crippen LogP contribution in [-0.2, 0) is 0 Å². The van der Waals surface area contributed by atoms with Gasteiger partial charge in [-0.15, -0.1) is 0 Å². The van der Waals surface area contributed by atoms with Gasteiger partial charge in [0.15, 0.2) is 5.82 Å². The van der Waals surface area contributed by atoms with Crippen molar-refractivity contribution in [3.8, 4) is 11.4 Å². The molecule has 2 aromatic rings. The molecule has 3 nitrogen and oxygen atoms in total. The fourth-order valence-corrected chi connectivity index (χ4v) is 1.89. The molecule has 1 aromatic carbocycles. The van der Waals surface area contributed by atoms with Gasteiger partial charge in [0.05, 0.1) is 0 Å². The third kappa shape index (κ3) is 2.38. The summed E-state index contributed by atoms with van der Waals surface area (Å²) >= 11 is 0. The first-order chi connectivity index (χ1) is 8.49. The normalized spacial score (nSPS) is 12.5. The van der Waals surface area contributed by atoms with Crippen molar-refractivity contribution in [2.45, 2.75) is 26.8 Å². The lowest BCUT2D eigenvalue weighted by atomic mass is 10.1. The summed E-state index contributed by atoms with van der Waals surface area (Å²) in [5.41, 5.74) is 9.22. The van der Waals surface area contributed by atoms with E-state index in [0.29, 0.717) is 11.4 Å². The minimum Gasteiger partial charge on any atom is -0.324 e. The summed E-state index contributed by atoms with van der Waals surface area (Å²) in [6.45, 7) is 5.68. The van der Waals surface area contributed by atoms with Crippen molar-refractivity contribution >= 4 is 0 Å². The van der Waals surface area contributed by atoms with Gasteiger partial charge in [-0.05, 0) is 38.5 Å². The highest BCUT2D eigenvalue weighted by molar-refractivity contribution is 5.60. The van der Waals surface area contributed by atoms with Crippen LogP contribution in [0.15, 0.2) is 24.4 Å². The molecule has 0 saturated carbocycles. The van der Waals surface area contributed by atoms with Crippen LogP contribution in [-0.4, -0.2) is 9.97 Å². The Hall–Kier alpha value is -1.81. The number of aromatic nitrogens is 2. The van der Waals surface area contributed by atoms with Crippen LogP contribution >= 0.6 is 0 Å². The number of halogens is 1. The van der Waals surface area contributed by atoms with Crippen LogP contribution < -0.4 is 5.73 Å². The van der Waals surface area contributed by atoms with Gasteiger partial charge in [-0.25, -0.2) is 14.4 Å². The summed E-state index contributed by atoms with van der Waals surface area (Å²) in [4.78, 5) is 8.68. The number of aryl methyl sites for hydroxylation is 2. The van der Waals surface area contributed by atoms with Gasteiger partial charge in [0, 0.05) is 29.1 Å². The monoisotopic (exact) mass is 245 g/mol. The fraction of sp³-hybridized carbons (Fsp3) is 0.286. The molecular formula is C14H16FN3. The van der Waals surface area contributed by atoms with Gasteiger partial charge in [0.25, 0.3) is 0 Å². The van der Waals surface area contributed by atoms with E-state index in [1.807, 2.05) is 20.8 Å². The number of nitrogens with zero attached hydrogens (tertiary/aromatic N) is 2. The van der Waals surface area contributed by atoms with Crippen LogP contribution in [0.1, 0.15) is 29.8 Å². The van der Waals surface area contributed by atoms with Gasteiger partial charge in [-0.3, -0.25) is 0 Å². The van der Waals surface area contributed by atoms with Crippen molar-refractivity contribution in [3.63, 3.8) is 0 Å². The highest BCUT2D eigenvalue weighted by Gasteiger charge is 2.10. The molecule has 1 atom stereocenters. The van der Waals surface area contributed by atoms with Crippen molar-refractivity contribution in [2.24, 2.45) is 5.73 Å². The molecule has 2 rings (SSSR count). The predicted molar refractivity (Wildman–Crippen MR) is 69.5 cm³/mol. The fourth-order valence-electron chi connectivity index (χ4n) is 1.89. The molecule has 4 heteroatoms. The highest BCUT2D eigenvalue weighted by Crippen LogP contribution is 2.22. The summed E-state index contributed by atoms with van der Waals surface area (Å²) in [6.07, 6.45) is 1.71. The zero-order chi connectivity index (χ0) is 13.3. The molecule has 0 unspecified atom stereocenters. The van der Waals surface area contributed by atoms with Crippen LogP contribution in [0.25, 0.3) is 11.4 Å². The first kappa shape index (κ1) is 12.6. The minimum absolute atomic E-state index is 0.104. The lowest BCUT2D eigenvalue weighted by Crippen LogP contribution is -2.09. The lowest BCUT2D eigenvalue weighted by Gasteiger charge is -2.11. The van der Waals surface area contributed by atoms with Crippen LogP contribution in [0.5, 0.6) is 0 Å². The van der Waals surface area contributed by atoms with E-state index in [1.54, 1.807) is 12.3 Å². The molecule has 94 valence electrons. The van der Waals surface area contributed by atoms with Crippen LogP contribution in [0, 0.1) is 19.7 Å². The van der Waals surface area contributed by atoms with E-state index in [4.69, 9.17) is 5.73 Å². The molecule has 0 amide bonds. The van der Waals surface area contributed by atoms with Crippen molar-refractivity contribution in [3.05, 3.63) is 47.0 Å². The molecule has 1 aromatic heterocycles. The van der Waals surface area contributed by atoms with Gasteiger partial charge in [-0.2, -0.15) is 0 Å². The molecule has 0 bridgehead atoms. The van der Waals surface area contributed by atoms with Crippen molar-refractivity contribution in [1.82, 2.24) is 9.97 Å². The van der Waals surface area contributed by atoms with Gasteiger partial charge in [0.1, 0.15) is 5.82 Å². The van der Waals surface area contributed by atoms with E-state index in [0.717, 1.165) is 16.8 Å². The van der Waals surface area contributed by atoms with E-state index in [9.17, 15) is 4.39 Å². The van der Waals surface area contributed by atoms with E-state index >= 15 is 0 Å². The smallest absolute Gasteiger partial charge is 0.159 e. The number of nitrogens with two attached hydrogens (primary N) is 1. The van der Waals surface area contributed by atoms with Crippen molar-refractivity contribution in [1.29, 1.82) is 0 Å². The molecule has 0 fully saturated rings. The maximum Gasteiger partial charge on any atom is 0.159 e. The topological polar surface area (TPSA) is 51.8 Å². The van der Waals surface area contributed by atoms with E-state index in [1.165, 1.54) is 12.1 Å². The number of hydrogen-bond acceptors (Lipinski definition) is 3. The van der Waals surface area contributed by atoms with Crippen LogP contribution in [0.3, 0.4) is 0 Å². The van der Waals surface area contributed by atoms with E-state index in [-0.39, 0.29) is 11.9 Å². The Morgan fingerprint density at radius 2 is 2.00 bits per heavy atom. The summed E-state index contributed by atoms with van der Waals surface area (Å²) in [5, 5.41) is 0. The van der Waals surface area contributed by atoms with Crippen LogP contribution in [0.2, 0.25) is 0 Å². The maximum absolute atomic E-state index is 13.3. The SMILES string of the molecule is Cc1ccc(F)cc1-c1ncc([C@@H](C)N)c(C)n1. The van der Waals surface area contributed by atoms with Gasteiger partial charge >= 0.3 is 0 Å². The standard InChI is InChI=1S/C14H16FN3/c1-8-4-5-11(15)6-12(8)14-17-7-13(9(2)16)10(3)18-14/h4-7,9H,16H2,1-3H3/t9-/m1/s1. The second-order valence-electron chi connectivity index (χ2n) is 4.48. The average molecular weight is 245 g/mol. The van der Waals surface area contributed by atoms with Gasteiger partial charge < -0.3 is 5.73 Å². The van der Waals surface area contributed by atoms with Crippen LogP contribution in [0.4, 0.5) is 4.39 Å². The molecule has 0 aliphatic carbocycles. The molecule has 18 heavy (non-hydrogen) atoms. The first-order valence-electron chi connectivity index (χ1n) is 5.84. The average Bonchev–Trinajstić information content (AvgIpc) is 2.31. The van der Waals surface area contributed by atoms with Gasteiger partial charge in [-0.1, -0.05) is 6.07 Å². The lowest BCUT2D eigenvalue weighted by molar-refractivity contribution is 0.627. The zero-order valence-corrected chi connectivity index (χ0v) is 10.7. The molecule has 0 spiro atoms. The largest absolute Gasteiger partial charge is 0.324 e. The van der Waals surface area contributed by atoms with Crippen molar-refractivity contribution < 1.29 is 4.39 Å². The Labute approximate surface area is 106 Å². The second kappa shape index (κ2) is 4.82. The molecule has 2 N–H and O–H groups in total. The van der Waals surface area contributed by atoms with E-state index < -0.39 is 0 Å². The molecular weight excluding hydrogens is 229 g/mol.